The summed E-state index contributed by atoms with van der Waals surface area (Å²) in [7, 11) is 0. The fourth-order valence-corrected chi connectivity index (χ4v) is 3.27. The number of hydrogen-bond donors (Lipinski definition) is 1. The molecule has 0 aromatic rings. The predicted molar refractivity (Wildman–Crippen MR) is 60.2 cm³/mol. The molecule has 2 rings (SSSR count). The summed E-state index contributed by atoms with van der Waals surface area (Å²) in [6.45, 7) is 6.03. The van der Waals surface area contributed by atoms with Crippen LogP contribution in [0.3, 0.4) is 0 Å². The van der Waals surface area contributed by atoms with Crippen molar-refractivity contribution < 1.29 is 0 Å². The van der Waals surface area contributed by atoms with E-state index >= 15 is 0 Å². The molecule has 1 aliphatic carbocycles. The Labute approximate surface area is 87.8 Å². The van der Waals surface area contributed by atoms with Crippen molar-refractivity contribution in [2.24, 2.45) is 17.6 Å². The number of rotatable bonds is 4. The van der Waals surface area contributed by atoms with Crippen LogP contribution in [0.2, 0.25) is 0 Å². The van der Waals surface area contributed by atoms with E-state index in [9.17, 15) is 0 Å². The largest absolute Gasteiger partial charge is 0.327 e. The van der Waals surface area contributed by atoms with Crippen LogP contribution in [-0.4, -0.2) is 30.6 Å². The van der Waals surface area contributed by atoms with Crippen LogP contribution in [0.15, 0.2) is 0 Å². The van der Waals surface area contributed by atoms with Gasteiger partial charge in [0, 0.05) is 25.7 Å². The molecule has 1 saturated carbocycles. The molecule has 2 heteroatoms. The van der Waals surface area contributed by atoms with Crippen molar-refractivity contribution >= 4 is 0 Å². The summed E-state index contributed by atoms with van der Waals surface area (Å²) < 4.78 is 0. The van der Waals surface area contributed by atoms with Gasteiger partial charge in [-0.3, -0.25) is 0 Å². The number of nitrogens with zero attached hydrogens (tertiary/aromatic N) is 1. The van der Waals surface area contributed by atoms with E-state index in [2.05, 4.69) is 11.8 Å². The minimum atomic E-state index is 0.416. The molecule has 2 fully saturated rings. The van der Waals surface area contributed by atoms with Crippen LogP contribution in [-0.2, 0) is 0 Å². The van der Waals surface area contributed by atoms with Crippen LogP contribution in [0.5, 0.6) is 0 Å². The highest BCUT2D eigenvalue weighted by Gasteiger charge is 2.35. The van der Waals surface area contributed by atoms with Gasteiger partial charge in [0.25, 0.3) is 0 Å². The fraction of sp³-hybridized carbons (Fsp3) is 1.00. The lowest BCUT2D eigenvalue weighted by atomic mass is 10.0. The van der Waals surface area contributed by atoms with E-state index < -0.39 is 0 Å². The maximum Gasteiger partial charge on any atom is 0.0167 e. The number of likely N-dealkylation sites (tertiary alicyclic amines) is 1. The second kappa shape index (κ2) is 4.63. The smallest absolute Gasteiger partial charge is 0.0167 e. The molecule has 3 atom stereocenters. The summed E-state index contributed by atoms with van der Waals surface area (Å²) in [4.78, 5) is 2.61. The fourth-order valence-electron chi connectivity index (χ4n) is 3.27. The van der Waals surface area contributed by atoms with Crippen LogP contribution in [0.4, 0.5) is 0 Å². The molecule has 0 spiro atoms. The van der Waals surface area contributed by atoms with Crippen LogP contribution in [0, 0.1) is 11.8 Å². The molecule has 1 aliphatic heterocycles. The third-order valence-electron chi connectivity index (χ3n) is 3.95. The van der Waals surface area contributed by atoms with Crippen molar-refractivity contribution in [1.82, 2.24) is 4.90 Å². The van der Waals surface area contributed by atoms with Gasteiger partial charge in [-0.15, -0.1) is 0 Å². The van der Waals surface area contributed by atoms with Crippen molar-refractivity contribution in [3.05, 3.63) is 0 Å². The molecule has 1 saturated heterocycles. The van der Waals surface area contributed by atoms with Gasteiger partial charge in [-0.2, -0.15) is 0 Å². The minimum absolute atomic E-state index is 0.416. The Bertz CT molecular complexity index is 169. The van der Waals surface area contributed by atoms with Gasteiger partial charge in [0.05, 0.1) is 0 Å². The number of nitrogens with two attached hydrogens (primary N) is 1. The van der Waals surface area contributed by atoms with E-state index in [0.29, 0.717) is 6.04 Å². The molecule has 0 aromatic heterocycles. The highest BCUT2D eigenvalue weighted by Crippen LogP contribution is 2.37. The van der Waals surface area contributed by atoms with E-state index in [1.54, 1.807) is 0 Å². The molecule has 0 radical (unpaired) electrons. The molecule has 0 aromatic carbocycles. The molecule has 2 nitrogen and oxygen atoms in total. The topological polar surface area (TPSA) is 29.3 Å². The summed E-state index contributed by atoms with van der Waals surface area (Å²) in [5, 5.41) is 0. The molecule has 0 bridgehead atoms. The zero-order valence-corrected chi connectivity index (χ0v) is 9.41. The Morgan fingerprint density at radius 2 is 1.93 bits per heavy atom. The van der Waals surface area contributed by atoms with Crippen LogP contribution < -0.4 is 5.73 Å². The zero-order chi connectivity index (χ0) is 9.97. The molecule has 82 valence electrons. The Morgan fingerprint density at radius 3 is 2.50 bits per heavy atom. The average molecular weight is 196 g/mol. The molecule has 2 N–H and O–H groups in total. The van der Waals surface area contributed by atoms with Gasteiger partial charge in [0.15, 0.2) is 0 Å². The first-order valence-corrected chi connectivity index (χ1v) is 6.27. The highest BCUT2D eigenvalue weighted by molar-refractivity contribution is 4.89. The summed E-state index contributed by atoms with van der Waals surface area (Å²) >= 11 is 0. The van der Waals surface area contributed by atoms with E-state index in [0.717, 1.165) is 18.4 Å². The van der Waals surface area contributed by atoms with E-state index in [1.165, 1.54) is 45.2 Å². The summed E-state index contributed by atoms with van der Waals surface area (Å²) in [6, 6.07) is 0.416. The molecule has 0 amide bonds. The average Bonchev–Trinajstić information content (AvgIpc) is 2.63. The summed E-state index contributed by atoms with van der Waals surface area (Å²) in [6.07, 6.45) is 6.84. The molecule has 1 heterocycles. The summed E-state index contributed by atoms with van der Waals surface area (Å²) in [5.74, 6) is 2.03. The lowest BCUT2D eigenvalue weighted by Gasteiger charge is -2.21. The third kappa shape index (κ3) is 2.29. The molecular weight excluding hydrogens is 172 g/mol. The highest BCUT2D eigenvalue weighted by atomic mass is 15.2. The van der Waals surface area contributed by atoms with Crippen LogP contribution in [0.25, 0.3) is 0 Å². The second-order valence-electron chi connectivity index (χ2n) is 5.22. The molecule has 2 aliphatic rings. The normalized spacial score (nSPS) is 34.7. The first kappa shape index (κ1) is 10.4. The quantitative estimate of drug-likeness (QED) is 0.743. The molecule has 14 heavy (non-hydrogen) atoms. The van der Waals surface area contributed by atoms with Gasteiger partial charge in [-0.25, -0.2) is 0 Å². The standard InChI is InChI=1S/C12H24N2/c1-2-4-12(13)9-14-7-10-5-3-6-11(10)8-14/h10-12H,2-9,13H2,1H3. The van der Waals surface area contributed by atoms with Crippen molar-refractivity contribution in [2.75, 3.05) is 19.6 Å². The van der Waals surface area contributed by atoms with E-state index in [-0.39, 0.29) is 0 Å². The van der Waals surface area contributed by atoms with Crippen molar-refractivity contribution in [1.29, 1.82) is 0 Å². The van der Waals surface area contributed by atoms with Crippen molar-refractivity contribution in [3.63, 3.8) is 0 Å². The Kier molecular flexibility index (Phi) is 3.45. The van der Waals surface area contributed by atoms with E-state index in [4.69, 9.17) is 5.73 Å². The first-order valence-electron chi connectivity index (χ1n) is 6.27. The maximum atomic E-state index is 6.07. The van der Waals surface area contributed by atoms with Crippen molar-refractivity contribution in [3.8, 4) is 0 Å². The Hall–Kier alpha value is -0.0800. The summed E-state index contributed by atoms with van der Waals surface area (Å²) in [5.41, 5.74) is 6.07. The predicted octanol–water partition coefficient (Wildman–Crippen LogP) is 1.85. The maximum absolute atomic E-state index is 6.07. The van der Waals surface area contributed by atoms with Gasteiger partial charge in [0.1, 0.15) is 0 Å². The van der Waals surface area contributed by atoms with Gasteiger partial charge < -0.3 is 10.6 Å². The van der Waals surface area contributed by atoms with Crippen LogP contribution >= 0.6 is 0 Å². The minimum Gasteiger partial charge on any atom is -0.327 e. The molecular formula is C12H24N2. The SMILES string of the molecule is CCCC(N)CN1CC2CCCC2C1. The number of fused-ring (bicyclic) bond motifs is 1. The lowest BCUT2D eigenvalue weighted by Crippen LogP contribution is -2.36. The number of hydrogen-bond acceptors (Lipinski definition) is 2. The van der Waals surface area contributed by atoms with Gasteiger partial charge in [-0.1, -0.05) is 19.8 Å². The van der Waals surface area contributed by atoms with Gasteiger partial charge >= 0.3 is 0 Å². The second-order valence-corrected chi connectivity index (χ2v) is 5.22. The molecule has 3 unspecified atom stereocenters. The first-order chi connectivity index (χ1) is 6.79. The van der Waals surface area contributed by atoms with Gasteiger partial charge in [0.2, 0.25) is 0 Å². The monoisotopic (exact) mass is 196 g/mol. The Balaban J connectivity index is 1.73. The van der Waals surface area contributed by atoms with Crippen molar-refractivity contribution in [2.45, 2.75) is 45.1 Å². The zero-order valence-electron chi connectivity index (χ0n) is 9.41. The van der Waals surface area contributed by atoms with Crippen LogP contribution in [0.1, 0.15) is 39.0 Å². The van der Waals surface area contributed by atoms with Gasteiger partial charge in [-0.05, 0) is 31.1 Å². The van der Waals surface area contributed by atoms with E-state index in [1.807, 2.05) is 0 Å². The lowest BCUT2D eigenvalue weighted by molar-refractivity contribution is 0.284. The third-order valence-corrected chi connectivity index (χ3v) is 3.95. The Morgan fingerprint density at radius 1 is 1.29 bits per heavy atom.